The molecule has 1 amide bonds. The topological polar surface area (TPSA) is 120 Å². The minimum absolute atomic E-state index is 0.198. The third-order valence-electron chi connectivity index (χ3n) is 5.92. The van der Waals surface area contributed by atoms with Gasteiger partial charge in [0.1, 0.15) is 10.8 Å². The van der Waals surface area contributed by atoms with Crippen molar-refractivity contribution in [2.75, 3.05) is 37.9 Å². The Bertz CT molecular complexity index is 1290. The third kappa shape index (κ3) is 6.28. The molecule has 0 aliphatic carbocycles. The summed E-state index contributed by atoms with van der Waals surface area (Å²) in [6.45, 7) is 3.67. The smallest absolute Gasteiger partial charge is 0.341 e. The molecule has 10 heteroatoms. The molecule has 9 nitrogen and oxygen atoms in total. The van der Waals surface area contributed by atoms with Crippen LogP contribution in [-0.4, -0.2) is 49.6 Å². The van der Waals surface area contributed by atoms with E-state index in [-0.39, 0.29) is 17.9 Å². The van der Waals surface area contributed by atoms with Gasteiger partial charge in [-0.2, -0.15) is 0 Å². The minimum Gasteiger partial charge on any atom is -0.495 e. The largest absolute Gasteiger partial charge is 0.495 e. The minimum atomic E-state index is -0.697. The van der Waals surface area contributed by atoms with E-state index >= 15 is 0 Å². The predicted octanol–water partition coefficient (Wildman–Crippen LogP) is 3.87. The molecule has 0 unspecified atom stereocenters. The first-order valence-corrected chi connectivity index (χ1v) is 12.7. The van der Waals surface area contributed by atoms with Crippen LogP contribution in [0.25, 0.3) is 0 Å². The highest BCUT2D eigenvalue weighted by Gasteiger charge is 2.29. The molecule has 1 aliphatic heterocycles. The number of carbonyl (C=O) groups excluding carboxylic acids is 3. The van der Waals surface area contributed by atoms with Gasteiger partial charge in [-0.05, 0) is 42.7 Å². The van der Waals surface area contributed by atoms with Crippen LogP contribution in [0.4, 0.5) is 10.7 Å². The summed E-state index contributed by atoms with van der Waals surface area (Å²) in [7, 11) is 1.47. The maximum Gasteiger partial charge on any atom is 0.341 e. The monoisotopic (exact) mass is 523 g/mol. The van der Waals surface area contributed by atoms with E-state index < -0.39 is 24.5 Å². The van der Waals surface area contributed by atoms with E-state index in [1.807, 2.05) is 18.2 Å². The molecule has 2 heterocycles. The number of thiophene rings is 1. The van der Waals surface area contributed by atoms with Gasteiger partial charge in [0.25, 0.3) is 5.91 Å². The van der Waals surface area contributed by atoms with Crippen molar-refractivity contribution in [2.24, 2.45) is 0 Å². The number of carbonyl (C=O) groups is 3. The maximum atomic E-state index is 12.8. The summed E-state index contributed by atoms with van der Waals surface area (Å²) >= 11 is 1.35. The molecule has 0 spiro atoms. The molecular weight excluding hydrogens is 494 g/mol. The Hall–Kier alpha value is -3.89. The molecule has 0 atom stereocenters. The van der Waals surface area contributed by atoms with Crippen molar-refractivity contribution >= 4 is 39.9 Å². The highest BCUT2D eigenvalue weighted by molar-refractivity contribution is 7.17. The molecule has 2 aromatic carbocycles. The average Bonchev–Trinajstić information content (AvgIpc) is 3.24. The van der Waals surface area contributed by atoms with Crippen LogP contribution in [-0.2, 0) is 33.8 Å². The number of nitrogen functional groups attached to an aromatic ring is 1. The summed E-state index contributed by atoms with van der Waals surface area (Å²) in [6.07, 6.45) is 0.663. The summed E-state index contributed by atoms with van der Waals surface area (Å²) in [5.74, 6) is -1.29. The van der Waals surface area contributed by atoms with Crippen LogP contribution in [0.1, 0.15) is 43.6 Å². The average molecular weight is 524 g/mol. The van der Waals surface area contributed by atoms with Gasteiger partial charge in [-0.25, -0.2) is 9.59 Å². The Kier molecular flexibility index (Phi) is 8.42. The summed E-state index contributed by atoms with van der Waals surface area (Å²) in [6, 6.07) is 14.7. The number of fused-ring (bicyclic) bond motifs is 1. The van der Waals surface area contributed by atoms with Crippen LogP contribution in [0.5, 0.6) is 5.75 Å². The van der Waals surface area contributed by atoms with Crippen LogP contribution in [0.3, 0.4) is 0 Å². The van der Waals surface area contributed by atoms with Crippen molar-refractivity contribution in [3.63, 3.8) is 0 Å². The Morgan fingerprint density at radius 3 is 2.57 bits per heavy atom. The first-order valence-electron chi connectivity index (χ1n) is 11.9. The molecule has 0 fully saturated rings. The fourth-order valence-electron chi connectivity index (χ4n) is 4.18. The summed E-state index contributed by atoms with van der Waals surface area (Å²) in [5.41, 5.74) is 8.81. The fourth-order valence-corrected chi connectivity index (χ4v) is 5.47. The first kappa shape index (κ1) is 26.2. The third-order valence-corrected chi connectivity index (χ3v) is 7.05. The number of anilines is 2. The molecule has 1 aliphatic rings. The van der Waals surface area contributed by atoms with Gasteiger partial charge < -0.3 is 25.3 Å². The van der Waals surface area contributed by atoms with Crippen molar-refractivity contribution in [2.45, 2.75) is 26.4 Å². The number of amides is 1. The SMILES string of the molecule is CCOC(=O)c1c(NC(=O)COC(=O)c2ccc(OC)c(N)c2)sc2c1CCN(Cc1ccccc1)C2. The second kappa shape index (κ2) is 11.9. The van der Waals surface area contributed by atoms with E-state index in [1.165, 1.54) is 36.1 Å². The highest BCUT2D eigenvalue weighted by Crippen LogP contribution is 2.38. The van der Waals surface area contributed by atoms with E-state index in [0.717, 1.165) is 23.5 Å². The Morgan fingerprint density at radius 2 is 1.86 bits per heavy atom. The van der Waals surface area contributed by atoms with E-state index in [0.29, 0.717) is 29.3 Å². The number of nitrogens with one attached hydrogen (secondary N) is 1. The first-order chi connectivity index (χ1) is 17.9. The molecule has 194 valence electrons. The van der Waals surface area contributed by atoms with Gasteiger partial charge >= 0.3 is 11.9 Å². The van der Waals surface area contributed by atoms with Gasteiger partial charge in [-0.15, -0.1) is 11.3 Å². The van der Waals surface area contributed by atoms with Crippen molar-refractivity contribution in [3.05, 3.63) is 75.7 Å². The lowest BCUT2D eigenvalue weighted by atomic mass is 10.0. The zero-order valence-corrected chi connectivity index (χ0v) is 21.6. The maximum absolute atomic E-state index is 12.8. The molecule has 1 aromatic heterocycles. The van der Waals surface area contributed by atoms with Gasteiger partial charge in [-0.3, -0.25) is 9.69 Å². The van der Waals surface area contributed by atoms with Gasteiger partial charge in [0.05, 0.1) is 30.5 Å². The summed E-state index contributed by atoms with van der Waals surface area (Å²) in [4.78, 5) is 41.2. The number of esters is 2. The number of rotatable bonds is 9. The Morgan fingerprint density at radius 1 is 1.08 bits per heavy atom. The van der Waals surface area contributed by atoms with Crippen molar-refractivity contribution in [3.8, 4) is 5.75 Å². The normalized spacial score (nSPS) is 12.9. The summed E-state index contributed by atoms with van der Waals surface area (Å²) in [5, 5.41) is 3.15. The van der Waals surface area contributed by atoms with Crippen molar-refractivity contribution < 1.29 is 28.6 Å². The molecule has 37 heavy (non-hydrogen) atoms. The van der Waals surface area contributed by atoms with Crippen molar-refractivity contribution in [1.82, 2.24) is 4.90 Å². The zero-order chi connectivity index (χ0) is 26.4. The lowest BCUT2D eigenvalue weighted by Gasteiger charge is -2.27. The number of ether oxygens (including phenoxy) is 3. The number of methoxy groups -OCH3 is 1. The van der Waals surface area contributed by atoms with Gasteiger partial charge in [-0.1, -0.05) is 30.3 Å². The molecule has 4 rings (SSSR count). The standard InChI is InChI=1S/C27H29N3O6S/c1-3-35-27(33)24-19-11-12-30(14-17-7-5-4-6-8-17)15-22(19)37-25(24)29-23(31)16-36-26(32)18-9-10-21(34-2)20(28)13-18/h4-10,13H,3,11-12,14-16,28H2,1-2H3,(H,29,31). The lowest BCUT2D eigenvalue weighted by Crippen LogP contribution is -2.30. The molecule has 3 N–H and O–H groups in total. The van der Waals surface area contributed by atoms with Gasteiger partial charge in [0.2, 0.25) is 0 Å². The molecular formula is C27H29N3O6S. The predicted molar refractivity (Wildman–Crippen MR) is 141 cm³/mol. The Labute approximate surface area is 219 Å². The van der Waals surface area contributed by atoms with E-state index in [9.17, 15) is 14.4 Å². The van der Waals surface area contributed by atoms with E-state index in [1.54, 1.807) is 13.0 Å². The second-order valence-corrected chi connectivity index (χ2v) is 9.56. The van der Waals surface area contributed by atoms with Crippen LogP contribution in [0.15, 0.2) is 48.5 Å². The zero-order valence-electron chi connectivity index (χ0n) is 20.7. The lowest BCUT2D eigenvalue weighted by molar-refractivity contribution is -0.119. The number of hydrogen-bond acceptors (Lipinski definition) is 9. The van der Waals surface area contributed by atoms with Crippen LogP contribution in [0.2, 0.25) is 0 Å². The van der Waals surface area contributed by atoms with Gasteiger partial charge in [0.15, 0.2) is 6.61 Å². The number of benzene rings is 2. The Balaban J connectivity index is 1.45. The number of hydrogen-bond donors (Lipinski definition) is 2. The molecule has 0 radical (unpaired) electrons. The quantitative estimate of drug-likeness (QED) is 0.320. The van der Waals surface area contributed by atoms with E-state index in [4.69, 9.17) is 19.9 Å². The number of nitrogens with two attached hydrogens (primary N) is 1. The van der Waals surface area contributed by atoms with Gasteiger partial charge in [0, 0.05) is 24.5 Å². The fraction of sp³-hybridized carbons (Fsp3) is 0.296. The van der Waals surface area contributed by atoms with Crippen LogP contribution in [0, 0.1) is 0 Å². The molecule has 0 saturated carbocycles. The highest BCUT2D eigenvalue weighted by atomic mass is 32.1. The van der Waals surface area contributed by atoms with E-state index in [2.05, 4.69) is 22.3 Å². The second-order valence-electron chi connectivity index (χ2n) is 8.46. The van der Waals surface area contributed by atoms with Crippen LogP contribution >= 0.6 is 11.3 Å². The number of nitrogens with zero attached hydrogens (tertiary/aromatic N) is 1. The summed E-state index contributed by atoms with van der Waals surface area (Å²) < 4.78 is 15.5. The van der Waals surface area contributed by atoms with Crippen LogP contribution < -0.4 is 15.8 Å². The molecule has 0 bridgehead atoms. The molecule has 3 aromatic rings. The molecule has 0 saturated heterocycles. The van der Waals surface area contributed by atoms with Crippen molar-refractivity contribution in [1.29, 1.82) is 0 Å².